The first-order valence-corrected chi connectivity index (χ1v) is 9.33. The molecule has 8 heteroatoms. The zero-order valence-corrected chi connectivity index (χ0v) is 16.2. The van der Waals surface area contributed by atoms with Gasteiger partial charge >= 0.3 is 12.6 Å². The van der Waals surface area contributed by atoms with E-state index in [9.17, 15) is 18.4 Å². The summed E-state index contributed by atoms with van der Waals surface area (Å²) in [5.41, 5.74) is 0.728. The first-order chi connectivity index (χ1) is 14.5. The van der Waals surface area contributed by atoms with Crippen molar-refractivity contribution in [1.82, 2.24) is 5.32 Å². The summed E-state index contributed by atoms with van der Waals surface area (Å²) in [4.78, 5) is 24.9. The number of esters is 1. The lowest BCUT2D eigenvalue weighted by Crippen LogP contribution is -2.33. The summed E-state index contributed by atoms with van der Waals surface area (Å²) in [5.74, 6) is -1.32. The van der Waals surface area contributed by atoms with Crippen LogP contribution < -0.4 is 14.8 Å². The zero-order chi connectivity index (χ0) is 21.5. The molecule has 0 spiro atoms. The Labute approximate surface area is 172 Å². The van der Waals surface area contributed by atoms with Gasteiger partial charge in [0.25, 0.3) is 5.91 Å². The van der Waals surface area contributed by atoms with Crippen molar-refractivity contribution >= 4 is 18.0 Å². The minimum atomic E-state index is -3.06. The van der Waals surface area contributed by atoms with E-state index in [2.05, 4.69) is 10.1 Å². The summed E-state index contributed by atoms with van der Waals surface area (Å²) in [6.07, 6.45) is 2.98. The summed E-state index contributed by atoms with van der Waals surface area (Å²) >= 11 is 0. The van der Waals surface area contributed by atoms with Crippen LogP contribution in [0.15, 0.2) is 54.6 Å². The third kappa shape index (κ3) is 5.79. The van der Waals surface area contributed by atoms with Gasteiger partial charge in [0.05, 0.1) is 7.11 Å². The maximum absolute atomic E-state index is 12.7. The molecule has 1 N–H and O–H groups in total. The number of nitrogens with one attached hydrogen (secondary N) is 1. The molecule has 2 aromatic rings. The van der Waals surface area contributed by atoms with Gasteiger partial charge in [-0.05, 0) is 25.0 Å². The van der Waals surface area contributed by atoms with E-state index in [4.69, 9.17) is 9.47 Å². The molecule has 0 aliphatic heterocycles. The predicted molar refractivity (Wildman–Crippen MR) is 105 cm³/mol. The molecule has 1 saturated carbocycles. The van der Waals surface area contributed by atoms with Gasteiger partial charge in [-0.3, -0.25) is 4.79 Å². The SMILES string of the molecule is COc1cccc(/C=C/C(=O)O[C@H](C(=O)NC2CC2)c2ccccc2)c1OC(F)F. The van der Waals surface area contributed by atoms with E-state index in [1.165, 1.54) is 25.3 Å². The van der Waals surface area contributed by atoms with Crippen LogP contribution >= 0.6 is 0 Å². The highest BCUT2D eigenvalue weighted by atomic mass is 19.3. The fourth-order valence-electron chi connectivity index (χ4n) is 2.76. The number of methoxy groups -OCH3 is 1. The molecule has 30 heavy (non-hydrogen) atoms. The average molecular weight is 417 g/mol. The fourth-order valence-corrected chi connectivity index (χ4v) is 2.76. The second kappa shape index (κ2) is 9.87. The molecule has 0 radical (unpaired) electrons. The number of halogens is 2. The van der Waals surface area contributed by atoms with Crippen LogP contribution in [-0.4, -0.2) is 31.6 Å². The molecule has 6 nitrogen and oxygen atoms in total. The third-order valence-corrected chi connectivity index (χ3v) is 4.33. The Hall–Kier alpha value is -3.42. The van der Waals surface area contributed by atoms with Crippen molar-refractivity contribution in [2.45, 2.75) is 31.6 Å². The molecule has 3 rings (SSSR count). The Bertz CT molecular complexity index is 913. The lowest BCUT2D eigenvalue weighted by molar-refractivity contribution is -0.151. The normalized spacial score (nSPS) is 14.4. The highest BCUT2D eigenvalue weighted by Gasteiger charge is 2.30. The Morgan fingerprint density at radius 3 is 2.47 bits per heavy atom. The van der Waals surface area contributed by atoms with Crippen molar-refractivity contribution in [2.75, 3.05) is 7.11 Å². The molecule has 1 amide bonds. The van der Waals surface area contributed by atoms with Gasteiger partial charge in [-0.1, -0.05) is 42.5 Å². The van der Waals surface area contributed by atoms with Crippen molar-refractivity contribution in [3.8, 4) is 11.5 Å². The number of ether oxygens (including phenoxy) is 3. The van der Waals surface area contributed by atoms with E-state index in [1.54, 1.807) is 36.4 Å². The van der Waals surface area contributed by atoms with Gasteiger partial charge in [0.2, 0.25) is 6.10 Å². The molecule has 0 saturated heterocycles. The molecule has 0 heterocycles. The van der Waals surface area contributed by atoms with E-state index < -0.39 is 24.6 Å². The summed E-state index contributed by atoms with van der Waals surface area (Å²) in [7, 11) is 1.32. The van der Waals surface area contributed by atoms with E-state index in [-0.39, 0.29) is 23.1 Å². The van der Waals surface area contributed by atoms with E-state index in [0.29, 0.717) is 5.56 Å². The van der Waals surface area contributed by atoms with Crippen LogP contribution in [0.5, 0.6) is 11.5 Å². The maximum atomic E-state index is 12.7. The van der Waals surface area contributed by atoms with Crippen molar-refractivity contribution in [3.05, 3.63) is 65.7 Å². The number of hydrogen-bond acceptors (Lipinski definition) is 5. The first kappa shape index (κ1) is 21.3. The third-order valence-electron chi connectivity index (χ3n) is 4.33. The predicted octanol–water partition coefficient (Wildman–Crippen LogP) is 3.87. The van der Waals surface area contributed by atoms with Crippen LogP contribution in [0, 0.1) is 0 Å². The topological polar surface area (TPSA) is 73.9 Å². The van der Waals surface area contributed by atoms with E-state index in [0.717, 1.165) is 18.9 Å². The molecular formula is C22H21F2NO5. The highest BCUT2D eigenvalue weighted by molar-refractivity contribution is 5.91. The number of carbonyl (C=O) groups is 2. The van der Waals surface area contributed by atoms with Crippen LogP contribution in [0.2, 0.25) is 0 Å². The molecule has 158 valence electrons. The molecule has 1 aliphatic carbocycles. The quantitative estimate of drug-likeness (QED) is 0.495. The number of carbonyl (C=O) groups excluding carboxylic acids is 2. The van der Waals surface area contributed by atoms with Crippen molar-refractivity contribution in [1.29, 1.82) is 0 Å². The van der Waals surface area contributed by atoms with Crippen LogP contribution in [-0.2, 0) is 14.3 Å². The summed E-state index contributed by atoms with van der Waals surface area (Å²) < 4.78 is 40.4. The van der Waals surface area contributed by atoms with Gasteiger partial charge in [-0.25, -0.2) is 4.79 Å². The molecule has 0 unspecified atom stereocenters. The van der Waals surface area contributed by atoms with Crippen molar-refractivity contribution in [2.24, 2.45) is 0 Å². The average Bonchev–Trinajstić information content (AvgIpc) is 3.55. The fraction of sp³-hybridized carbons (Fsp3) is 0.273. The smallest absolute Gasteiger partial charge is 0.387 e. The Morgan fingerprint density at radius 2 is 1.83 bits per heavy atom. The Morgan fingerprint density at radius 1 is 1.10 bits per heavy atom. The van der Waals surface area contributed by atoms with Crippen LogP contribution in [0.1, 0.15) is 30.1 Å². The monoisotopic (exact) mass is 417 g/mol. The van der Waals surface area contributed by atoms with E-state index in [1.807, 2.05) is 0 Å². The van der Waals surface area contributed by atoms with E-state index >= 15 is 0 Å². The second-order valence-electron chi connectivity index (χ2n) is 6.60. The molecule has 1 atom stereocenters. The van der Waals surface area contributed by atoms with Gasteiger partial charge in [0.1, 0.15) is 0 Å². The van der Waals surface area contributed by atoms with Gasteiger partial charge in [0, 0.05) is 23.2 Å². The second-order valence-corrected chi connectivity index (χ2v) is 6.60. The highest BCUT2D eigenvalue weighted by Crippen LogP contribution is 2.33. The minimum absolute atomic E-state index is 0.0943. The summed E-state index contributed by atoms with van der Waals surface area (Å²) in [6, 6.07) is 13.2. The van der Waals surface area contributed by atoms with Gasteiger partial charge < -0.3 is 19.5 Å². The Balaban J connectivity index is 1.77. The number of amides is 1. The summed E-state index contributed by atoms with van der Waals surface area (Å²) in [6.45, 7) is -3.06. The maximum Gasteiger partial charge on any atom is 0.387 e. The Kier molecular flexibility index (Phi) is 7.00. The number of alkyl halides is 2. The van der Waals surface area contributed by atoms with Crippen LogP contribution in [0.3, 0.4) is 0 Å². The minimum Gasteiger partial charge on any atom is -0.493 e. The molecular weight excluding hydrogens is 396 g/mol. The van der Waals surface area contributed by atoms with Crippen LogP contribution in [0.25, 0.3) is 6.08 Å². The number of para-hydroxylation sites is 1. The lowest BCUT2D eigenvalue weighted by atomic mass is 10.1. The molecule has 0 bridgehead atoms. The largest absolute Gasteiger partial charge is 0.493 e. The van der Waals surface area contributed by atoms with Crippen LogP contribution in [0.4, 0.5) is 8.78 Å². The van der Waals surface area contributed by atoms with Gasteiger partial charge in [-0.15, -0.1) is 0 Å². The van der Waals surface area contributed by atoms with Crippen molar-refractivity contribution < 1.29 is 32.6 Å². The number of rotatable bonds is 9. The summed E-state index contributed by atoms with van der Waals surface area (Å²) in [5, 5.41) is 2.82. The first-order valence-electron chi connectivity index (χ1n) is 9.33. The van der Waals surface area contributed by atoms with Gasteiger partial charge in [-0.2, -0.15) is 8.78 Å². The number of benzene rings is 2. The molecule has 0 aromatic heterocycles. The molecule has 1 fully saturated rings. The van der Waals surface area contributed by atoms with Gasteiger partial charge in [0.15, 0.2) is 11.5 Å². The lowest BCUT2D eigenvalue weighted by Gasteiger charge is -2.17. The zero-order valence-electron chi connectivity index (χ0n) is 16.2. The molecule has 1 aliphatic rings. The number of hydrogen-bond donors (Lipinski definition) is 1. The van der Waals surface area contributed by atoms with Crippen molar-refractivity contribution in [3.63, 3.8) is 0 Å². The molecule has 2 aromatic carbocycles. The standard InChI is InChI=1S/C22H21F2NO5/c1-28-17-9-5-8-15(19(17)30-22(23)24)10-13-18(26)29-20(14-6-3-2-4-7-14)21(27)25-16-11-12-16/h2-10,13,16,20,22H,11-12H2,1H3,(H,25,27)/b13-10+/t20-/m0/s1.